The molecular formula is C16H18N2O3. The highest BCUT2D eigenvalue weighted by atomic mass is 16.5. The number of hydrogen-bond donors (Lipinski definition) is 1. The maximum Gasteiger partial charge on any atom is 0.254 e. The van der Waals surface area contributed by atoms with Crippen molar-refractivity contribution >= 4 is 22.6 Å². The van der Waals surface area contributed by atoms with Crippen LogP contribution >= 0.6 is 0 Å². The zero-order valence-electron chi connectivity index (χ0n) is 12.0. The van der Waals surface area contributed by atoms with Gasteiger partial charge >= 0.3 is 0 Å². The molecule has 1 fully saturated rings. The molecule has 0 unspecified atom stereocenters. The molecule has 21 heavy (non-hydrogen) atoms. The van der Waals surface area contributed by atoms with Crippen molar-refractivity contribution < 1.29 is 14.3 Å². The third-order valence-electron chi connectivity index (χ3n) is 3.85. The highest BCUT2D eigenvalue weighted by Crippen LogP contribution is 2.22. The summed E-state index contributed by atoms with van der Waals surface area (Å²) in [7, 11) is 0. The van der Waals surface area contributed by atoms with Crippen LogP contribution in [0.2, 0.25) is 0 Å². The van der Waals surface area contributed by atoms with E-state index in [9.17, 15) is 9.59 Å². The molecule has 1 aliphatic rings. The van der Waals surface area contributed by atoms with Crippen molar-refractivity contribution in [2.24, 2.45) is 0 Å². The summed E-state index contributed by atoms with van der Waals surface area (Å²) < 4.78 is 5.26. The number of fused-ring (bicyclic) bond motifs is 1. The Balaban J connectivity index is 1.91. The minimum Gasteiger partial charge on any atom is -0.378 e. The van der Waals surface area contributed by atoms with E-state index in [0.29, 0.717) is 43.9 Å². The molecule has 1 amide bonds. The van der Waals surface area contributed by atoms with Gasteiger partial charge in [0.15, 0.2) is 5.78 Å². The number of ketones is 1. The Bertz CT molecular complexity index is 684. The van der Waals surface area contributed by atoms with Crippen LogP contribution in [0.4, 0.5) is 0 Å². The lowest BCUT2D eigenvalue weighted by Gasteiger charge is -2.26. The standard InChI is InChI=1S/C16H18N2O3/c1-2-15(19)13-10-17-14-9-11(3-4-12(13)14)16(20)18-5-7-21-8-6-18/h3-4,9-10,17H,2,5-8H2,1H3. The summed E-state index contributed by atoms with van der Waals surface area (Å²) >= 11 is 0. The summed E-state index contributed by atoms with van der Waals surface area (Å²) in [4.78, 5) is 29.2. The molecule has 1 aliphatic heterocycles. The maximum absolute atomic E-state index is 12.4. The van der Waals surface area contributed by atoms with Gasteiger partial charge in [0, 0.05) is 47.7 Å². The first-order chi connectivity index (χ1) is 10.2. The predicted molar refractivity (Wildman–Crippen MR) is 79.6 cm³/mol. The zero-order chi connectivity index (χ0) is 14.8. The molecule has 2 aromatic rings. The molecule has 5 nitrogen and oxygen atoms in total. The lowest BCUT2D eigenvalue weighted by atomic mass is 10.1. The Kier molecular flexibility index (Phi) is 3.75. The average molecular weight is 286 g/mol. The number of Topliss-reactive ketones (excluding diaryl/α,β-unsaturated/α-hetero) is 1. The highest BCUT2D eigenvalue weighted by molar-refractivity contribution is 6.09. The second-order valence-corrected chi connectivity index (χ2v) is 5.14. The zero-order valence-corrected chi connectivity index (χ0v) is 12.0. The minimum atomic E-state index is 0.0122. The number of nitrogens with zero attached hydrogens (tertiary/aromatic N) is 1. The van der Waals surface area contributed by atoms with Crippen LogP contribution in [0.1, 0.15) is 34.1 Å². The molecule has 5 heteroatoms. The molecule has 0 aliphatic carbocycles. The van der Waals surface area contributed by atoms with Gasteiger partial charge in [0.25, 0.3) is 5.91 Å². The SMILES string of the molecule is CCC(=O)c1c[nH]c2cc(C(=O)N3CCOCC3)ccc12. The van der Waals surface area contributed by atoms with Gasteiger partial charge in [-0.2, -0.15) is 0 Å². The van der Waals surface area contributed by atoms with Crippen molar-refractivity contribution in [3.63, 3.8) is 0 Å². The molecule has 2 heterocycles. The van der Waals surface area contributed by atoms with Gasteiger partial charge in [-0.3, -0.25) is 9.59 Å². The van der Waals surface area contributed by atoms with E-state index < -0.39 is 0 Å². The number of carbonyl (C=O) groups excluding carboxylic acids is 2. The maximum atomic E-state index is 12.4. The van der Waals surface area contributed by atoms with Gasteiger partial charge in [0.1, 0.15) is 0 Å². The number of morpholine rings is 1. The normalized spacial score (nSPS) is 15.4. The molecular weight excluding hydrogens is 268 g/mol. The van der Waals surface area contributed by atoms with Crippen LogP contribution in [0.15, 0.2) is 24.4 Å². The predicted octanol–water partition coefficient (Wildman–Crippen LogP) is 2.23. The summed E-state index contributed by atoms with van der Waals surface area (Å²) in [5, 5.41) is 0.875. The fourth-order valence-electron chi connectivity index (χ4n) is 2.63. The van der Waals surface area contributed by atoms with Crippen LogP contribution in [-0.4, -0.2) is 47.9 Å². The monoisotopic (exact) mass is 286 g/mol. The first-order valence-corrected chi connectivity index (χ1v) is 7.22. The molecule has 1 N–H and O–H groups in total. The summed E-state index contributed by atoms with van der Waals surface area (Å²) in [6, 6.07) is 5.46. The number of aromatic amines is 1. The molecule has 1 aromatic heterocycles. The van der Waals surface area contributed by atoms with Gasteiger partial charge < -0.3 is 14.6 Å². The Morgan fingerprint density at radius 3 is 2.76 bits per heavy atom. The lowest BCUT2D eigenvalue weighted by molar-refractivity contribution is 0.0303. The topological polar surface area (TPSA) is 62.4 Å². The number of benzene rings is 1. The molecule has 0 spiro atoms. The molecule has 1 saturated heterocycles. The van der Waals surface area contributed by atoms with E-state index >= 15 is 0 Å². The van der Waals surface area contributed by atoms with E-state index in [0.717, 1.165) is 10.9 Å². The number of ether oxygens (including phenoxy) is 1. The van der Waals surface area contributed by atoms with Gasteiger partial charge in [-0.1, -0.05) is 13.0 Å². The molecule has 0 saturated carbocycles. The Morgan fingerprint density at radius 1 is 1.29 bits per heavy atom. The number of nitrogens with one attached hydrogen (secondary N) is 1. The van der Waals surface area contributed by atoms with Crippen molar-refractivity contribution in [3.05, 3.63) is 35.5 Å². The van der Waals surface area contributed by atoms with E-state index in [1.54, 1.807) is 17.2 Å². The van der Waals surface area contributed by atoms with E-state index in [1.807, 2.05) is 19.1 Å². The van der Waals surface area contributed by atoms with Crippen molar-refractivity contribution in [2.75, 3.05) is 26.3 Å². The Morgan fingerprint density at radius 2 is 2.05 bits per heavy atom. The van der Waals surface area contributed by atoms with Gasteiger partial charge in [0.2, 0.25) is 0 Å². The van der Waals surface area contributed by atoms with Crippen molar-refractivity contribution in [3.8, 4) is 0 Å². The van der Waals surface area contributed by atoms with Gasteiger partial charge in [0.05, 0.1) is 13.2 Å². The number of H-pyrrole nitrogens is 1. The summed E-state index contributed by atoms with van der Waals surface area (Å²) in [6.07, 6.45) is 2.20. The van der Waals surface area contributed by atoms with Crippen molar-refractivity contribution in [1.29, 1.82) is 0 Å². The number of rotatable bonds is 3. The molecule has 110 valence electrons. The molecule has 1 aromatic carbocycles. The first kappa shape index (κ1) is 13.8. The fourth-order valence-corrected chi connectivity index (χ4v) is 2.63. The van der Waals surface area contributed by atoms with Crippen LogP contribution < -0.4 is 0 Å². The van der Waals surface area contributed by atoms with Gasteiger partial charge in [-0.05, 0) is 12.1 Å². The smallest absolute Gasteiger partial charge is 0.254 e. The Hall–Kier alpha value is -2.14. The van der Waals surface area contributed by atoms with Crippen LogP contribution in [0.5, 0.6) is 0 Å². The largest absolute Gasteiger partial charge is 0.378 e. The van der Waals surface area contributed by atoms with Crippen LogP contribution in [0.3, 0.4) is 0 Å². The number of hydrogen-bond acceptors (Lipinski definition) is 3. The lowest BCUT2D eigenvalue weighted by Crippen LogP contribution is -2.40. The minimum absolute atomic E-state index is 0.0122. The number of carbonyl (C=O) groups is 2. The third kappa shape index (κ3) is 2.56. The second kappa shape index (κ2) is 5.69. The van der Waals surface area contributed by atoms with Crippen LogP contribution in [-0.2, 0) is 4.74 Å². The van der Waals surface area contributed by atoms with Crippen LogP contribution in [0.25, 0.3) is 10.9 Å². The number of aromatic nitrogens is 1. The van der Waals surface area contributed by atoms with E-state index in [4.69, 9.17) is 4.74 Å². The molecule has 0 atom stereocenters. The second-order valence-electron chi connectivity index (χ2n) is 5.14. The Labute approximate surface area is 122 Å². The average Bonchev–Trinajstić information content (AvgIpc) is 2.97. The van der Waals surface area contributed by atoms with Crippen molar-refractivity contribution in [1.82, 2.24) is 9.88 Å². The van der Waals surface area contributed by atoms with E-state index in [-0.39, 0.29) is 11.7 Å². The molecule has 3 rings (SSSR count). The van der Waals surface area contributed by atoms with Gasteiger partial charge in [-0.15, -0.1) is 0 Å². The summed E-state index contributed by atoms with van der Waals surface area (Å²) in [5.74, 6) is 0.117. The van der Waals surface area contributed by atoms with Crippen LogP contribution in [0, 0.1) is 0 Å². The highest BCUT2D eigenvalue weighted by Gasteiger charge is 2.19. The molecule has 0 bridgehead atoms. The summed E-state index contributed by atoms with van der Waals surface area (Å²) in [5.41, 5.74) is 2.16. The third-order valence-corrected chi connectivity index (χ3v) is 3.85. The van der Waals surface area contributed by atoms with Crippen molar-refractivity contribution in [2.45, 2.75) is 13.3 Å². The first-order valence-electron chi connectivity index (χ1n) is 7.22. The summed E-state index contributed by atoms with van der Waals surface area (Å²) in [6.45, 7) is 4.27. The van der Waals surface area contributed by atoms with Gasteiger partial charge in [-0.25, -0.2) is 0 Å². The number of amides is 1. The quantitative estimate of drug-likeness (QED) is 0.880. The van der Waals surface area contributed by atoms with E-state index in [2.05, 4.69) is 4.98 Å². The molecule has 0 radical (unpaired) electrons. The fraction of sp³-hybridized carbons (Fsp3) is 0.375. The van der Waals surface area contributed by atoms with E-state index in [1.165, 1.54) is 0 Å².